The van der Waals surface area contributed by atoms with E-state index >= 15 is 0 Å². The highest BCUT2D eigenvalue weighted by atomic mass is 31.1. The van der Waals surface area contributed by atoms with Gasteiger partial charge in [-0.2, -0.15) is 0 Å². The zero-order valence-electron chi connectivity index (χ0n) is 5.36. The van der Waals surface area contributed by atoms with Crippen molar-refractivity contribution in [2.45, 2.75) is 6.42 Å². The van der Waals surface area contributed by atoms with E-state index < -0.39 is 13.7 Å². The molecule has 0 aliphatic rings. The fourth-order valence-electron chi connectivity index (χ4n) is 0.414. The Morgan fingerprint density at radius 1 is 1.70 bits per heavy atom. The van der Waals surface area contributed by atoms with Gasteiger partial charge in [-0.1, -0.05) is 0 Å². The van der Waals surface area contributed by atoms with E-state index in [1.54, 1.807) is 0 Å². The summed E-state index contributed by atoms with van der Waals surface area (Å²) in [6.07, 6.45) is 0.636. The number of aliphatic hydroxyl groups excluding tert-OH is 1. The molecule has 1 unspecified atom stereocenters. The summed E-state index contributed by atoms with van der Waals surface area (Å²) in [5.74, 6) is -0.413. The van der Waals surface area contributed by atoms with Crippen molar-refractivity contribution >= 4 is 19.5 Å². The lowest BCUT2D eigenvalue weighted by Crippen LogP contribution is -2.02. The average molecular weight is 164 g/mol. The number of carboxylic acid groups (broad SMARTS) is 1. The molecule has 0 saturated carbocycles. The first kappa shape index (κ1) is 9.56. The van der Waals surface area contributed by atoms with E-state index in [1.807, 2.05) is 0 Å². The van der Waals surface area contributed by atoms with E-state index in [0.717, 1.165) is 5.80 Å². The largest absolute Gasteiger partial charge is 0.630 e. The molecular weight excluding hydrogens is 155 g/mol. The third-order valence-corrected chi connectivity index (χ3v) is 2.06. The Labute approximate surface area is 59.6 Å². The predicted octanol–water partition coefficient (Wildman–Crippen LogP) is -0.987. The maximum atomic E-state index is 10.6. The standard InChI is InChI=1S/C5H9O4P/c6-2-1-3-10(9)4-5(7)8/h4,6H,1-3H2,(H,7,8). The van der Waals surface area contributed by atoms with Gasteiger partial charge in [-0.25, -0.2) is 4.79 Å². The summed E-state index contributed by atoms with van der Waals surface area (Å²) in [5.41, 5.74) is 0. The van der Waals surface area contributed by atoms with Crippen LogP contribution in [0, 0.1) is 0 Å². The third-order valence-electron chi connectivity index (χ3n) is 0.791. The molecule has 0 aliphatic heterocycles. The average Bonchev–Trinajstić information content (AvgIpc) is 1.82. The van der Waals surface area contributed by atoms with Crippen LogP contribution in [0.5, 0.6) is 0 Å². The second kappa shape index (κ2) is 5.35. The quantitative estimate of drug-likeness (QED) is 0.523. The van der Waals surface area contributed by atoms with Crippen molar-refractivity contribution in [2.75, 3.05) is 12.8 Å². The van der Waals surface area contributed by atoms with Crippen molar-refractivity contribution < 1.29 is 19.9 Å². The molecule has 5 heteroatoms. The molecule has 10 heavy (non-hydrogen) atoms. The number of aliphatic hydroxyl groups is 1. The van der Waals surface area contributed by atoms with Gasteiger partial charge in [0.05, 0.1) is 7.77 Å². The summed E-state index contributed by atoms with van der Waals surface area (Å²) in [6.45, 7) is -0.0471. The Bertz CT molecular complexity index is 143. The van der Waals surface area contributed by atoms with E-state index in [1.165, 1.54) is 0 Å². The maximum absolute atomic E-state index is 10.6. The van der Waals surface area contributed by atoms with Crippen LogP contribution in [0.1, 0.15) is 6.42 Å². The van der Waals surface area contributed by atoms with Crippen LogP contribution in [0.4, 0.5) is 0 Å². The van der Waals surface area contributed by atoms with Crippen molar-refractivity contribution in [2.24, 2.45) is 0 Å². The smallest absolute Gasteiger partial charge is 0.370 e. The third kappa shape index (κ3) is 5.69. The Kier molecular flexibility index (Phi) is 5.12. The molecule has 0 heterocycles. The Hall–Kier alpha value is -0.440. The fourth-order valence-corrected chi connectivity index (χ4v) is 1.24. The summed E-state index contributed by atoms with van der Waals surface area (Å²) in [4.78, 5) is 20.5. The van der Waals surface area contributed by atoms with Crippen molar-refractivity contribution in [3.63, 3.8) is 0 Å². The van der Waals surface area contributed by atoms with Gasteiger partial charge in [0.2, 0.25) is 0 Å². The molecule has 0 aliphatic carbocycles. The van der Waals surface area contributed by atoms with Gasteiger partial charge in [-0.15, -0.1) is 0 Å². The molecule has 0 spiro atoms. The molecule has 0 saturated heterocycles. The number of carboxylic acids is 1. The summed E-state index contributed by atoms with van der Waals surface area (Å²) >= 11 is 0. The van der Waals surface area contributed by atoms with Gasteiger partial charge in [0.1, 0.15) is 6.16 Å². The number of hydrogen-bond donors (Lipinski definition) is 2. The lowest BCUT2D eigenvalue weighted by molar-refractivity contribution is -0.153. The van der Waals surface area contributed by atoms with Crippen molar-refractivity contribution in [3.05, 3.63) is 0 Å². The molecule has 0 bridgehead atoms. The highest BCUT2D eigenvalue weighted by Gasteiger charge is 1.99. The molecule has 0 aromatic heterocycles. The zero-order valence-corrected chi connectivity index (χ0v) is 6.25. The molecule has 0 radical (unpaired) electrons. The van der Waals surface area contributed by atoms with Crippen LogP contribution in [0.2, 0.25) is 0 Å². The normalized spacial score (nSPS) is 11.6. The highest BCUT2D eigenvalue weighted by molar-refractivity contribution is 7.52. The van der Waals surface area contributed by atoms with Crippen LogP contribution in [0.25, 0.3) is 0 Å². The lowest BCUT2D eigenvalue weighted by atomic mass is 10.5. The molecule has 0 rings (SSSR count). The molecular formula is C5H9O4P. The fraction of sp³-hybridized carbons (Fsp3) is 0.600. The zero-order chi connectivity index (χ0) is 7.98. The molecule has 0 aromatic carbocycles. The number of aliphatic carboxylic acids is 1. The molecule has 0 aromatic rings. The summed E-state index contributed by atoms with van der Waals surface area (Å²) in [7, 11) is -1.76. The van der Waals surface area contributed by atoms with Gasteiger partial charge < -0.3 is 15.1 Å². The number of carbonyl (C=O) groups is 1. The summed E-state index contributed by atoms with van der Waals surface area (Å²) < 4.78 is 0. The first-order chi connectivity index (χ1) is 4.66. The molecule has 4 nitrogen and oxygen atoms in total. The Morgan fingerprint density at radius 3 is 2.70 bits per heavy atom. The van der Waals surface area contributed by atoms with E-state index in [-0.39, 0.29) is 12.8 Å². The van der Waals surface area contributed by atoms with E-state index in [4.69, 9.17) is 10.2 Å². The van der Waals surface area contributed by atoms with Crippen molar-refractivity contribution in [1.82, 2.24) is 0 Å². The van der Waals surface area contributed by atoms with Crippen molar-refractivity contribution in [3.8, 4) is 0 Å². The van der Waals surface area contributed by atoms with Crippen LogP contribution in [0.15, 0.2) is 0 Å². The van der Waals surface area contributed by atoms with Crippen LogP contribution in [-0.2, 0) is 4.79 Å². The molecule has 0 fully saturated rings. The molecule has 0 amide bonds. The topological polar surface area (TPSA) is 80.6 Å². The van der Waals surface area contributed by atoms with Gasteiger partial charge in [-0.05, 0) is 0 Å². The predicted molar refractivity (Wildman–Crippen MR) is 37.2 cm³/mol. The number of rotatable bonds is 4. The van der Waals surface area contributed by atoms with Crippen LogP contribution >= 0.6 is 7.77 Å². The summed E-state index contributed by atoms with van der Waals surface area (Å²) in [6, 6.07) is 0. The first-order valence-electron chi connectivity index (χ1n) is 2.79. The van der Waals surface area contributed by atoms with Gasteiger partial charge in [0, 0.05) is 13.0 Å². The van der Waals surface area contributed by atoms with E-state index in [2.05, 4.69) is 0 Å². The minimum atomic E-state index is -1.76. The SMILES string of the molecule is O=C(O)C=[P+]([O-])CCCO. The van der Waals surface area contributed by atoms with Crippen molar-refractivity contribution in [1.29, 1.82) is 0 Å². The van der Waals surface area contributed by atoms with Crippen LogP contribution in [0.3, 0.4) is 0 Å². The molecule has 1 atom stereocenters. The Balaban J connectivity index is 3.60. The number of hydrogen-bond acceptors (Lipinski definition) is 3. The maximum Gasteiger partial charge on any atom is 0.370 e. The van der Waals surface area contributed by atoms with E-state index in [9.17, 15) is 9.69 Å². The monoisotopic (exact) mass is 164 g/mol. The molecule has 58 valence electrons. The van der Waals surface area contributed by atoms with Gasteiger partial charge in [0.15, 0.2) is 5.80 Å². The lowest BCUT2D eigenvalue weighted by Gasteiger charge is -1.93. The van der Waals surface area contributed by atoms with Gasteiger partial charge in [0.25, 0.3) is 0 Å². The minimum absolute atomic E-state index is 0.0471. The van der Waals surface area contributed by atoms with E-state index in [0.29, 0.717) is 6.42 Å². The van der Waals surface area contributed by atoms with Crippen LogP contribution < -0.4 is 4.89 Å². The first-order valence-corrected chi connectivity index (χ1v) is 4.30. The second-order valence-electron chi connectivity index (χ2n) is 1.69. The van der Waals surface area contributed by atoms with Gasteiger partial charge >= 0.3 is 5.97 Å². The Morgan fingerprint density at radius 2 is 2.30 bits per heavy atom. The van der Waals surface area contributed by atoms with Crippen LogP contribution in [-0.4, -0.2) is 34.7 Å². The highest BCUT2D eigenvalue weighted by Crippen LogP contribution is 2.09. The summed E-state index contributed by atoms with van der Waals surface area (Å²) in [5, 5.41) is 16.3. The van der Waals surface area contributed by atoms with Gasteiger partial charge in [-0.3, -0.25) is 0 Å². The molecule has 2 N–H and O–H groups in total. The second-order valence-corrected chi connectivity index (χ2v) is 3.22. The minimum Gasteiger partial charge on any atom is -0.630 e.